The molecule has 6 heteroatoms. The zero-order valence-corrected chi connectivity index (χ0v) is 13.8. The van der Waals surface area contributed by atoms with Crippen molar-refractivity contribution < 1.29 is 9.90 Å². The minimum absolute atomic E-state index is 0.0108. The summed E-state index contributed by atoms with van der Waals surface area (Å²) >= 11 is 3.11. The van der Waals surface area contributed by atoms with Gasteiger partial charge in [0.05, 0.1) is 12.6 Å². The molecule has 2 amide bonds. The SMILES string of the molecule is CCC(NC(=O)NCC(C)(O)c1cccs1)c1cccs1. The zero-order chi connectivity index (χ0) is 15.3. The van der Waals surface area contributed by atoms with E-state index in [2.05, 4.69) is 10.6 Å². The van der Waals surface area contributed by atoms with Crippen LogP contribution in [0.1, 0.15) is 36.1 Å². The highest BCUT2D eigenvalue weighted by Crippen LogP contribution is 2.24. The van der Waals surface area contributed by atoms with Crippen molar-refractivity contribution in [2.24, 2.45) is 0 Å². The van der Waals surface area contributed by atoms with E-state index >= 15 is 0 Å². The van der Waals surface area contributed by atoms with Crippen LogP contribution in [0, 0.1) is 0 Å². The van der Waals surface area contributed by atoms with Gasteiger partial charge in [-0.3, -0.25) is 0 Å². The molecule has 0 spiro atoms. The van der Waals surface area contributed by atoms with Gasteiger partial charge in [0.25, 0.3) is 0 Å². The standard InChI is InChI=1S/C15H20N2O2S2/c1-3-11(12-6-4-8-20-12)17-14(18)16-10-15(2,19)13-7-5-9-21-13/h4-9,11,19H,3,10H2,1-2H3,(H2,16,17,18). The molecular formula is C15H20N2O2S2. The summed E-state index contributed by atoms with van der Waals surface area (Å²) in [5, 5.41) is 20.0. The van der Waals surface area contributed by atoms with Crippen molar-refractivity contribution in [2.75, 3.05) is 6.54 Å². The molecule has 114 valence electrons. The number of hydrogen-bond acceptors (Lipinski definition) is 4. The summed E-state index contributed by atoms with van der Waals surface area (Å²) in [5.74, 6) is 0. The third-order valence-electron chi connectivity index (χ3n) is 3.25. The normalized spacial score (nSPS) is 15.2. The highest BCUT2D eigenvalue weighted by atomic mass is 32.1. The molecule has 2 rings (SSSR count). The van der Waals surface area contributed by atoms with E-state index < -0.39 is 5.60 Å². The summed E-state index contributed by atoms with van der Waals surface area (Å²) in [7, 11) is 0. The van der Waals surface area contributed by atoms with Gasteiger partial charge in [0.2, 0.25) is 0 Å². The van der Waals surface area contributed by atoms with Gasteiger partial charge < -0.3 is 15.7 Å². The van der Waals surface area contributed by atoms with Gasteiger partial charge in [-0.2, -0.15) is 0 Å². The first-order chi connectivity index (χ1) is 10.0. The van der Waals surface area contributed by atoms with Gasteiger partial charge in [0.15, 0.2) is 0 Å². The van der Waals surface area contributed by atoms with E-state index in [1.165, 1.54) is 11.3 Å². The Kier molecular flexibility index (Phi) is 5.39. The van der Waals surface area contributed by atoms with Crippen LogP contribution in [0.25, 0.3) is 0 Å². The largest absolute Gasteiger partial charge is 0.383 e. The third-order valence-corrected chi connectivity index (χ3v) is 5.35. The Morgan fingerprint density at radius 2 is 2.05 bits per heavy atom. The van der Waals surface area contributed by atoms with Crippen molar-refractivity contribution in [3.8, 4) is 0 Å². The Labute approximate surface area is 132 Å². The van der Waals surface area contributed by atoms with Crippen molar-refractivity contribution in [1.82, 2.24) is 10.6 Å². The van der Waals surface area contributed by atoms with E-state index in [1.54, 1.807) is 18.3 Å². The lowest BCUT2D eigenvalue weighted by Crippen LogP contribution is -2.44. The van der Waals surface area contributed by atoms with Crippen LogP contribution >= 0.6 is 22.7 Å². The van der Waals surface area contributed by atoms with Gasteiger partial charge in [-0.05, 0) is 36.2 Å². The monoisotopic (exact) mass is 324 g/mol. The molecule has 0 fully saturated rings. The number of carbonyl (C=O) groups excluding carboxylic acids is 1. The second-order valence-corrected chi connectivity index (χ2v) is 6.98. The van der Waals surface area contributed by atoms with E-state index in [0.717, 1.165) is 16.2 Å². The molecule has 0 aliphatic rings. The Morgan fingerprint density at radius 1 is 1.33 bits per heavy atom. The van der Waals surface area contributed by atoms with E-state index in [4.69, 9.17) is 0 Å². The van der Waals surface area contributed by atoms with E-state index in [9.17, 15) is 9.90 Å². The van der Waals surface area contributed by atoms with E-state index in [0.29, 0.717) is 0 Å². The van der Waals surface area contributed by atoms with Crippen molar-refractivity contribution in [2.45, 2.75) is 31.9 Å². The van der Waals surface area contributed by atoms with Gasteiger partial charge in [0, 0.05) is 9.75 Å². The molecule has 0 saturated heterocycles. The van der Waals surface area contributed by atoms with Gasteiger partial charge in [0.1, 0.15) is 5.60 Å². The highest BCUT2D eigenvalue weighted by molar-refractivity contribution is 7.10. The number of urea groups is 1. The van der Waals surface area contributed by atoms with Crippen LogP contribution in [0.5, 0.6) is 0 Å². The van der Waals surface area contributed by atoms with Crippen molar-refractivity contribution >= 4 is 28.7 Å². The van der Waals surface area contributed by atoms with Crippen molar-refractivity contribution in [3.05, 3.63) is 44.8 Å². The van der Waals surface area contributed by atoms with Gasteiger partial charge in [-0.1, -0.05) is 19.1 Å². The number of aliphatic hydroxyl groups is 1. The summed E-state index contributed by atoms with van der Waals surface area (Å²) in [6, 6.07) is 7.50. The molecule has 2 heterocycles. The lowest BCUT2D eigenvalue weighted by Gasteiger charge is -2.23. The maximum absolute atomic E-state index is 12.0. The first kappa shape index (κ1) is 16.0. The number of rotatable bonds is 6. The Hall–Kier alpha value is -1.37. The summed E-state index contributed by atoms with van der Waals surface area (Å²) in [4.78, 5) is 14.0. The first-order valence-electron chi connectivity index (χ1n) is 6.87. The highest BCUT2D eigenvalue weighted by Gasteiger charge is 2.25. The molecule has 0 aliphatic carbocycles. The average Bonchev–Trinajstić information content (AvgIpc) is 3.14. The molecule has 3 N–H and O–H groups in total. The Bertz CT molecular complexity index is 550. The molecule has 0 aromatic carbocycles. The third kappa shape index (κ3) is 4.30. The van der Waals surface area contributed by atoms with Gasteiger partial charge >= 0.3 is 6.03 Å². The average molecular weight is 324 g/mol. The summed E-state index contributed by atoms with van der Waals surface area (Å²) in [6.07, 6.45) is 0.829. The van der Waals surface area contributed by atoms with Crippen LogP contribution in [-0.4, -0.2) is 17.7 Å². The fourth-order valence-corrected chi connectivity index (χ4v) is 3.65. The maximum atomic E-state index is 12.0. The molecule has 2 atom stereocenters. The molecule has 0 aliphatic heterocycles. The molecule has 0 radical (unpaired) electrons. The van der Waals surface area contributed by atoms with Crippen LogP contribution in [0.4, 0.5) is 4.79 Å². The fourth-order valence-electron chi connectivity index (χ4n) is 2.00. The van der Waals surface area contributed by atoms with Crippen molar-refractivity contribution in [3.63, 3.8) is 0 Å². The first-order valence-corrected chi connectivity index (χ1v) is 8.63. The van der Waals surface area contributed by atoms with Crippen LogP contribution in [0.3, 0.4) is 0 Å². The maximum Gasteiger partial charge on any atom is 0.315 e. The predicted molar refractivity (Wildman–Crippen MR) is 87.8 cm³/mol. The summed E-state index contributed by atoms with van der Waals surface area (Å²) in [6.45, 7) is 3.92. The van der Waals surface area contributed by atoms with Gasteiger partial charge in [-0.15, -0.1) is 22.7 Å². The minimum Gasteiger partial charge on any atom is -0.383 e. The molecular weight excluding hydrogens is 304 g/mol. The smallest absolute Gasteiger partial charge is 0.315 e. The fraction of sp³-hybridized carbons (Fsp3) is 0.400. The quantitative estimate of drug-likeness (QED) is 0.762. The molecule has 0 saturated carbocycles. The number of nitrogens with one attached hydrogen (secondary N) is 2. The Morgan fingerprint density at radius 3 is 2.62 bits per heavy atom. The second kappa shape index (κ2) is 7.06. The molecule has 0 bridgehead atoms. The lowest BCUT2D eigenvalue weighted by atomic mass is 10.1. The molecule has 4 nitrogen and oxygen atoms in total. The van der Waals surface area contributed by atoms with Gasteiger partial charge in [-0.25, -0.2) is 4.79 Å². The predicted octanol–water partition coefficient (Wildman–Crippen LogP) is 3.47. The second-order valence-electron chi connectivity index (χ2n) is 5.05. The Balaban J connectivity index is 1.87. The molecule has 2 aromatic rings. The zero-order valence-electron chi connectivity index (χ0n) is 12.1. The minimum atomic E-state index is -1.05. The summed E-state index contributed by atoms with van der Waals surface area (Å²) < 4.78 is 0. The molecule has 2 aromatic heterocycles. The number of thiophene rings is 2. The number of hydrogen-bond donors (Lipinski definition) is 3. The topological polar surface area (TPSA) is 61.4 Å². The molecule has 2 unspecified atom stereocenters. The lowest BCUT2D eigenvalue weighted by molar-refractivity contribution is 0.0630. The van der Waals surface area contributed by atoms with Crippen LogP contribution in [0.2, 0.25) is 0 Å². The van der Waals surface area contributed by atoms with Crippen LogP contribution in [0.15, 0.2) is 35.0 Å². The van der Waals surface area contributed by atoms with Crippen LogP contribution in [-0.2, 0) is 5.60 Å². The number of carbonyl (C=O) groups is 1. The number of amides is 2. The van der Waals surface area contributed by atoms with Crippen LogP contribution < -0.4 is 10.6 Å². The summed E-state index contributed by atoms with van der Waals surface area (Å²) in [5.41, 5.74) is -1.05. The van der Waals surface area contributed by atoms with E-state index in [-0.39, 0.29) is 18.6 Å². The van der Waals surface area contributed by atoms with Crippen molar-refractivity contribution in [1.29, 1.82) is 0 Å². The molecule has 21 heavy (non-hydrogen) atoms. The van der Waals surface area contributed by atoms with E-state index in [1.807, 2.05) is 41.9 Å².